The highest BCUT2D eigenvalue weighted by Crippen LogP contribution is 2.26. The van der Waals surface area contributed by atoms with E-state index in [1.54, 1.807) is 32.4 Å². The largest absolute Gasteiger partial charge is 0.496 e. The summed E-state index contributed by atoms with van der Waals surface area (Å²) in [6, 6.07) is 12.7. The lowest BCUT2D eigenvalue weighted by atomic mass is 10.1. The highest BCUT2D eigenvalue weighted by Gasteiger charge is 2.10. The smallest absolute Gasteiger partial charge is 0.181 e. The summed E-state index contributed by atoms with van der Waals surface area (Å²) >= 11 is 3.38. The Balaban J connectivity index is 2.06. The molecule has 2 aromatic carbocycles. The number of halogens is 1. The molecule has 0 aliphatic heterocycles. The number of hydrogen-bond donors (Lipinski definition) is 1. The molecule has 0 aromatic heterocycles. The molecule has 0 unspecified atom stereocenters. The Bertz CT molecular complexity index is 643. The van der Waals surface area contributed by atoms with Crippen molar-refractivity contribution < 1.29 is 14.3 Å². The van der Waals surface area contributed by atoms with Crippen LogP contribution < -0.4 is 14.8 Å². The van der Waals surface area contributed by atoms with Crippen molar-refractivity contribution in [2.75, 3.05) is 26.1 Å². The Kier molecular flexibility index (Phi) is 5.22. The van der Waals surface area contributed by atoms with Crippen LogP contribution in [0.1, 0.15) is 10.4 Å². The van der Waals surface area contributed by atoms with Crippen LogP contribution in [0, 0.1) is 0 Å². The maximum absolute atomic E-state index is 12.2. The van der Waals surface area contributed by atoms with Gasteiger partial charge in [0.2, 0.25) is 0 Å². The zero-order valence-corrected chi connectivity index (χ0v) is 13.4. The number of para-hydroxylation sites is 2. The summed E-state index contributed by atoms with van der Waals surface area (Å²) in [5.41, 5.74) is 1.41. The van der Waals surface area contributed by atoms with Gasteiger partial charge in [-0.2, -0.15) is 0 Å². The van der Waals surface area contributed by atoms with E-state index in [0.29, 0.717) is 17.1 Å². The molecule has 4 nitrogen and oxygen atoms in total. The fraction of sp³-hybridized carbons (Fsp3) is 0.188. The van der Waals surface area contributed by atoms with Gasteiger partial charge < -0.3 is 14.8 Å². The Morgan fingerprint density at radius 1 is 1.10 bits per heavy atom. The molecule has 1 N–H and O–H groups in total. The van der Waals surface area contributed by atoms with Gasteiger partial charge in [0.1, 0.15) is 11.5 Å². The molecule has 110 valence electrons. The van der Waals surface area contributed by atoms with Gasteiger partial charge in [0.15, 0.2) is 5.78 Å². The number of Topliss-reactive ketones (excluding diaryl/α,β-unsaturated/α-hetero) is 1. The number of anilines is 1. The predicted molar refractivity (Wildman–Crippen MR) is 86.5 cm³/mol. The third kappa shape index (κ3) is 3.76. The fourth-order valence-electron chi connectivity index (χ4n) is 1.91. The van der Waals surface area contributed by atoms with Crippen LogP contribution in [-0.2, 0) is 0 Å². The number of carbonyl (C=O) groups excluding carboxylic acids is 1. The zero-order valence-electron chi connectivity index (χ0n) is 11.9. The molecule has 0 amide bonds. The minimum Gasteiger partial charge on any atom is -0.496 e. The van der Waals surface area contributed by atoms with Gasteiger partial charge in [-0.3, -0.25) is 4.79 Å². The normalized spacial score (nSPS) is 10.0. The number of ether oxygens (including phenoxy) is 2. The lowest BCUT2D eigenvalue weighted by Crippen LogP contribution is -2.14. The first kappa shape index (κ1) is 15.4. The Hall–Kier alpha value is -2.01. The maximum atomic E-state index is 12.2. The topological polar surface area (TPSA) is 47.6 Å². The number of carbonyl (C=O) groups is 1. The van der Waals surface area contributed by atoms with Crippen molar-refractivity contribution in [2.45, 2.75) is 0 Å². The van der Waals surface area contributed by atoms with Crippen LogP contribution in [-0.4, -0.2) is 26.5 Å². The minimum absolute atomic E-state index is 0.00995. The maximum Gasteiger partial charge on any atom is 0.181 e. The van der Waals surface area contributed by atoms with Crippen molar-refractivity contribution in [3.05, 3.63) is 52.5 Å². The minimum atomic E-state index is -0.00995. The van der Waals surface area contributed by atoms with E-state index in [1.165, 1.54) is 0 Å². The van der Waals surface area contributed by atoms with Gasteiger partial charge in [0.05, 0.1) is 30.9 Å². The van der Waals surface area contributed by atoms with Gasteiger partial charge in [-0.25, -0.2) is 0 Å². The summed E-state index contributed by atoms with van der Waals surface area (Å²) in [7, 11) is 3.19. The van der Waals surface area contributed by atoms with E-state index in [0.717, 1.165) is 10.2 Å². The van der Waals surface area contributed by atoms with E-state index in [2.05, 4.69) is 21.2 Å². The fourth-order valence-corrected chi connectivity index (χ4v) is 2.45. The molecule has 0 heterocycles. The predicted octanol–water partition coefficient (Wildman–Crippen LogP) is 3.76. The molecule has 0 fully saturated rings. The van der Waals surface area contributed by atoms with Crippen molar-refractivity contribution >= 4 is 27.4 Å². The molecule has 0 radical (unpaired) electrons. The van der Waals surface area contributed by atoms with E-state index in [4.69, 9.17) is 9.47 Å². The average Bonchev–Trinajstić information content (AvgIpc) is 2.52. The quantitative estimate of drug-likeness (QED) is 0.806. The standard InChI is InChI=1S/C16H16BrNO3/c1-20-15-8-7-11(9-12(15)17)14(19)10-18-13-5-3-4-6-16(13)21-2/h3-9,18H,10H2,1-2H3. The second-order valence-corrected chi connectivity index (χ2v) is 5.18. The van der Waals surface area contributed by atoms with Crippen molar-refractivity contribution in [3.8, 4) is 11.5 Å². The third-order valence-electron chi connectivity index (χ3n) is 3.02. The highest BCUT2D eigenvalue weighted by atomic mass is 79.9. The number of nitrogens with one attached hydrogen (secondary N) is 1. The molecule has 0 atom stereocenters. The van der Waals surface area contributed by atoms with Crippen molar-refractivity contribution in [2.24, 2.45) is 0 Å². The number of rotatable bonds is 6. The molecular weight excluding hydrogens is 334 g/mol. The van der Waals surface area contributed by atoms with Gasteiger partial charge in [-0.05, 0) is 46.3 Å². The van der Waals surface area contributed by atoms with E-state index in [-0.39, 0.29) is 12.3 Å². The molecule has 0 aliphatic carbocycles. The van der Waals surface area contributed by atoms with E-state index in [1.807, 2.05) is 24.3 Å². The number of ketones is 1. The molecule has 2 rings (SSSR count). The van der Waals surface area contributed by atoms with Gasteiger partial charge in [0.25, 0.3) is 0 Å². The number of hydrogen-bond acceptors (Lipinski definition) is 4. The molecular formula is C16H16BrNO3. The number of benzene rings is 2. The van der Waals surface area contributed by atoms with Crippen molar-refractivity contribution in [1.29, 1.82) is 0 Å². The molecule has 0 spiro atoms. The van der Waals surface area contributed by atoms with E-state index in [9.17, 15) is 4.79 Å². The second kappa shape index (κ2) is 7.13. The summed E-state index contributed by atoms with van der Waals surface area (Å²) in [5, 5.41) is 3.09. The Labute approximate surface area is 132 Å². The van der Waals surface area contributed by atoms with Gasteiger partial charge in [-0.15, -0.1) is 0 Å². The van der Waals surface area contributed by atoms with Crippen LogP contribution in [0.25, 0.3) is 0 Å². The molecule has 0 saturated heterocycles. The van der Waals surface area contributed by atoms with Crippen molar-refractivity contribution in [1.82, 2.24) is 0 Å². The van der Waals surface area contributed by atoms with Crippen LogP contribution >= 0.6 is 15.9 Å². The van der Waals surface area contributed by atoms with E-state index < -0.39 is 0 Å². The van der Waals surface area contributed by atoms with Crippen LogP contribution in [0.5, 0.6) is 11.5 Å². The lowest BCUT2D eigenvalue weighted by molar-refractivity contribution is 0.101. The first-order valence-electron chi connectivity index (χ1n) is 6.39. The monoisotopic (exact) mass is 349 g/mol. The Morgan fingerprint density at radius 3 is 2.48 bits per heavy atom. The number of methoxy groups -OCH3 is 2. The Morgan fingerprint density at radius 2 is 1.81 bits per heavy atom. The van der Waals surface area contributed by atoms with Gasteiger partial charge >= 0.3 is 0 Å². The first-order valence-corrected chi connectivity index (χ1v) is 7.18. The molecule has 5 heteroatoms. The van der Waals surface area contributed by atoms with Crippen LogP contribution in [0.15, 0.2) is 46.9 Å². The molecule has 0 aliphatic rings. The highest BCUT2D eigenvalue weighted by molar-refractivity contribution is 9.10. The van der Waals surface area contributed by atoms with Gasteiger partial charge in [0, 0.05) is 5.56 Å². The van der Waals surface area contributed by atoms with Crippen LogP contribution in [0.4, 0.5) is 5.69 Å². The SMILES string of the molecule is COc1ccc(C(=O)CNc2ccccc2OC)cc1Br. The zero-order chi connectivity index (χ0) is 15.2. The van der Waals surface area contributed by atoms with E-state index >= 15 is 0 Å². The average molecular weight is 350 g/mol. The summed E-state index contributed by atoms with van der Waals surface area (Å²) in [6.45, 7) is 0.194. The summed E-state index contributed by atoms with van der Waals surface area (Å²) in [6.07, 6.45) is 0. The van der Waals surface area contributed by atoms with Crippen molar-refractivity contribution in [3.63, 3.8) is 0 Å². The molecule has 0 saturated carbocycles. The summed E-state index contributed by atoms with van der Waals surface area (Å²) in [5.74, 6) is 1.40. The second-order valence-electron chi connectivity index (χ2n) is 4.33. The molecule has 2 aromatic rings. The summed E-state index contributed by atoms with van der Waals surface area (Å²) in [4.78, 5) is 12.2. The molecule has 21 heavy (non-hydrogen) atoms. The third-order valence-corrected chi connectivity index (χ3v) is 3.64. The van der Waals surface area contributed by atoms with Crippen LogP contribution in [0.2, 0.25) is 0 Å². The van der Waals surface area contributed by atoms with Crippen LogP contribution in [0.3, 0.4) is 0 Å². The summed E-state index contributed by atoms with van der Waals surface area (Å²) < 4.78 is 11.1. The lowest BCUT2D eigenvalue weighted by Gasteiger charge is -2.11. The molecule has 0 bridgehead atoms. The van der Waals surface area contributed by atoms with Gasteiger partial charge in [-0.1, -0.05) is 12.1 Å². The first-order chi connectivity index (χ1) is 10.2.